The van der Waals surface area contributed by atoms with E-state index in [0.717, 1.165) is 34.5 Å². The smallest absolute Gasteiger partial charge is 0.126 e. The highest BCUT2D eigenvalue weighted by molar-refractivity contribution is 9.10. The molecule has 18 heavy (non-hydrogen) atoms. The number of halogens is 1. The molecule has 2 aromatic rings. The summed E-state index contributed by atoms with van der Waals surface area (Å²) in [6.07, 6.45) is 2.66. The van der Waals surface area contributed by atoms with Gasteiger partial charge < -0.3 is 11.1 Å². The molecule has 94 valence electrons. The molecule has 1 heterocycles. The number of nitrogens with one attached hydrogen (secondary N) is 1. The summed E-state index contributed by atoms with van der Waals surface area (Å²) in [5.41, 5.74) is 8.81. The molecule has 0 spiro atoms. The molecule has 0 fully saturated rings. The number of aryl methyl sites for hydroxylation is 1. The van der Waals surface area contributed by atoms with E-state index in [0.29, 0.717) is 0 Å². The molecule has 0 saturated heterocycles. The lowest BCUT2D eigenvalue weighted by molar-refractivity contribution is 1.00. The largest absolute Gasteiger partial charge is 0.397 e. The van der Waals surface area contributed by atoms with Gasteiger partial charge in [0.1, 0.15) is 5.82 Å². The van der Waals surface area contributed by atoms with Crippen molar-refractivity contribution in [3.8, 4) is 0 Å². The number of aromatic nitrogens is 1. The van der Waals surface area contributed by atoms with Crippen LogP contribution in [0.5, 0.6) is 0 Å². The Balaban J connectivity index is 1.88. The van der Waals surface area contributed by atoms with Crippen LogP contribution in [0.25, 0.3) is 0 Å². The van der Waals surface area contributed by atoms with Gasteiger partial charge in [-0.15, -0.1) is 0 Å². The summed E-state index contributed by atoms with van der Waals surface area (Å²) >= 11 is 3.43. The minimum absolute atomic E-state index is 0.730. The van der Waals surface area contributed by atoms with Crippen molar-refractivity contribution in [2.24, 2.45) is 0 Å². The number of anilines is 2. The number of hydrogen-bond acceptors (Lipinski definition) is 3. The molecule has 0 saturated carbocycles. The van der Waals surface area contributed by atoms with Gasteiger partial charge in [-0.3, -0.25) is 0 Å². The maximum absolute atomic E-state index is 5.73. The summed E-state index contributed by atoms with van der Waals surface area (Å²) in [4.78, 5) is 4.24. The number of benzene rings is 1. The van der Waals surface area contributed by atoms with E-state index in [-0.39, 0.29) is 0 Å². The zero-order valence-electron chi connectivity index (χ0n) is 10.3. The molecule has 1 aromatic heterocycles. The SMILES string of the molecule is Cc1cc(NCCc2ccc(Br)cc2)ncc1N. The topological polar surface area (TPSA) is 50.9 Å². The van der Waals surface area contributed by atoms with E-state index in [2.05, 4.69) is 50.5 Å². The van der Waals surface area contributed by atoms with Gasteiger partial charge in [0.15, 0.2) is 0 Å². The summed E-state index contributed by atoms with van der Waals surface area (Å²) < 4.78 is 1.11. The number of nitrogens with two attached hydrogens (primary N) is 1. The standard InChI is InChI=1S/C14H16BrN3/c1-10-8-14(18-9-13(10)16)17-7-6-11-2-4-12(15)5-3-11/h2-5,8-9H,6-7,16H2,1H3,(H,17,18). The number of nitrogen functional groups attached to an aromatic ring is 1. The first-order chi connectivity index (χ1) is 8.65. The Hall–Kier alpha value is -1.55. The van der Waals surface area contributed by atoms with Gasteiger partial charge in [-0.1, -0.05) is 28.1 Å². The van der Waals surface area contributed by atoms with Gasteiger partial charge in [0, 0.05) is 11.0 Å². The zero-order valence-corrected chi connectivity index (χ0v) is 11.9. The third-order valence-corrected chi connectivity index (χ3v) is 3.31. The van der Waals surface area contributed by atoms with Gasteiger partial charge in [0.25, 0.3) is 0 Å². The first-order valence-corrected chi connectivity index (χ1v) is 6.65. The van der Waals surface area contributed by atoms with Gasteiger partial charge in [0.2, 0.25) is 0 Å². The first kappa shape index (κ1) is 12.9. The van der Waals surface area contributed by atoms with Crippen LogP contribution in [0.2, 0.25) is 0 Å². The molecular formula is C14H16BrN3. The summed E-state index contributed by atoms with van der Waals surface area (Å²) in [6.45, 7) is 2.84. The predicted octanol–water partition coefficient (Wildman–Crippen LogP) is 3.39. The third kappa shape index (κ3) is 3.47. The van der Waals surface area contributed by atoms with E-state index in [4.69, 9.17) is 5.73 Å². The first-order valence-electron chi connectivity index (χ1n) is 5.85. The fourth-order valence-corrected chi connectivity index (χ4v) is 1.91. The maximum Gasteiger partial charge on any atom is 0.126 e. The molecule has 0 atom stereocenters. The Morgan fingerprint density at radius 1 is 1.28 bits per heavy atom. The Morgan fingerprint density at radius 3 is 2.67 bits per heavy atom. The normalized spacial score (nSPS) is 10.3. The molecule has 0 amide bonds. The number of rotatable bonds is 4. The average molecular weight is 306 g/mol. The van der Waals surface area contributed by atoms with E-state index >= 15 is 0 Å². The fourth-order valence-electron chi connectivity index (χ4n) is 1.65. The fraction of sp³-hybridized carbons (Fsp3) is 0.214. The second-order valence-corrected chi connectivity index (χ2v) is 5.15. The summed E-state index contributed by atoms with van der Waals surface area (Å²) in [6, 6.07) is 10.3. The lowest BCUT2D eigenvalue weighted by atomic mass is 10.1. The number of pyridine rings is 1. The van der Waals surface area contributed by atoms with Crippen LogP contribution in [0, 0.1) is 6.92 Å². The van der Waals surface area contributed by atoms with Crippen molar-refractivity contribution in [1.29, 1.82) is 0 Å². The summed E-state index contributed by atoms with van der Waals surface area (Å²) in [7, 11) is 0. The van der Waals surface area contributed by atoms with Crippen LogP contribution in [0.1, 0.15) is 11.1 Å². The van der Waals surface area contributed by atoms with Crippen LogP contribution in [-0.2, 0) is 6.42 Å². The Labute approximate surface area is 116 Å². The highest BCUT2D eigenvalue weighted by atomic mass is 79.9. The van der Waals surface area contributed by atoms with Crippen molar-refractivity contribution >= 4 is 27.4 Å². The van der Waals surface area contributed by atoms with E-state index in [1.165, 1.54) is 5.56 Å². The molecule has 1 aromatic carbocycles. The lowest BCUT2D eigenvalue weighted by Gasteiger charge is -2.07. The second-order valence-electron chi connectivity index (χ2n) is 4.23. The summed E-state index contributed by atoms with van der Waals surface area (Å²) in [5, 5.41) is 3.30. The van der Waals surface area contributed by atoms with Crippen LogP contribution < -0.4 is 11.1 Å². The van der Waals surface area contributed by atoms with Crippen molar-refractivity contribution in [3.63, 3.8) is 0 Å². The lowest BCUT2D eigenvalue weighted by Crippen LogP contribution is -2.07. The molecule has 3 N–H and O–H groups in total. The molecule has 3 nitrogen and oxygen atoms in total. The van der Waals surface area contributed by atoms with Crippen LogP contribution >= 0.6 is 15.9 Å². The van der Waals surface area contributed by atoms with E-state index in [1.807, 2.05) is 13.0 Å². The van der Waals surface area contributed by atoms with Gasteiger partial charge in [-0.05, 0) is 42.7 Å². The molecule has 0 bridgehead atoms. The quantitative estimate of drug-likeness (QED) is 0.910. The van der Waals surface area contributed by atoms with Gasteiger partial charge in [0.05, 0.1) is 11.9 Å². The van der Waals surface area contributed by atoms with Crippen molar-refractivity contribution in [1.82, 2.24) is 4.98 Å². The molecule has 0 aliphatic heterocycles. The van der Waals surface area contributed by atoms with Crippen molar-refractivity contribution in [3.05, 3.63) is 52.1 Å². The molecule has 0 aliphatic rings. The Bertz CT molecular complexity index is 523. The van der Waals surface area contributed by atoms with Crippen molar-refractivity contribution in [2.45, 2.75) is 13.3 Å². The van der Waals surface area contributed by atoms with Gasteiger partial charge >= 0.3 is 0 Å². The van der Waals surface area contributed by atoms with Crippen LogP contribution in [0.3, 0.4) is 0 Å². The van der Waals surface area contributed by atoms with E-state index in [1.54, 1.807) is 6.20 Å². The molecule has 0 unspecified atom stereocenters. The van der Waals surface area contributed by atoms with Gasteiger partial charge in [-0.25, -0.2) is 4.98 Å². The highest BCUT2D eigenvalue weighted by Crippen LogP contribution is 2.14. The Kier molecular flexibility index (Phi) is 4.20. The number of nitrogens with zero attached hydrogens (tertiary/aromatic N) is 1. The van der Waals surface area contributed by atoms with Crippen molar-refractivity contribution < 1.29 is 0 Å². The monoisotopic (exact) mass is 305 g/mol. The van der Waals surface area contributed by atoms with Crippen LogP contribution in [0.15, 0.2) is 41.0 Å². The molecule has 0 aliphatic carbocycles. The van der Waals surface area contributed by atoms with Crippen LogP contribution in [0.4, 0.5) is 11.5 Å². The highest BCUT2D eigenvalue weighted by Gasteiger charge is 1.98. The third-order valence-electron chi connectivity index (χ3n) is 2.78. The van der Waals surface area contributed by atoms with Crippen molar-refractivity contribution in [2.75, 3.05) is 17.6 Å². The second kappa shape index (κ2) is 5.87. The van der Waals surface area contributed by atoms with E-state index in [9.17, 15) is 0 Å². The molecule has 4 heteroatoms. The maximum atomic E-state index is 5.73. The molecule has 2 rings (SSSR count). The Morgan fingerprint density at radius 2 is 2.00 bits per heavy atom. The molecule has 0 radical (unpaired) electrons. The molecular weight excluding hydrogens is 290 g/mol. The predicted molar refractivity (Wildman–Crippen MR) is 79.7 cm³/mol. The van der Waals surface area contributed by atoms with E-state index < -0.39 is 0 Å². The zero-order chi connectivity index (χ0) is 13.0. The number of hydrogen-bond donors (Lipinski definition) is 2. The van der Waals surface area contributed by atoms with Gasteiger partial charge in [-0.2, -0.15) is 0 Å². The average Bonchev–Trinajstić information content (AvgIpc) is 2.36. The minimum atomic E-state index is 0.730. The minimum Gasteiger partial charge on any atom is -0.397 e. The van der Waals surface area contributed by atoms with Crippen LogP contribution in [-0.4, -0.2) is 11.5 Å². The summed E-state index contributed by atoms with van der Waals surface area (Å²) in [5.74, 6) is 0.874.